The Kier molecular flexibility index (Phi) is 4.04. The Morgan fingerprint density at radius 3 is 2.41 bits per heavy atom. The minimum atomic E-state index is -2.74. The Morgan fingerprint density at radius 2 is 2.00 bits per heavy atom. The van der Waals surface area contributed by atoms with Crippen LogP contribution in [0.25, 0.3) is 0 Å². The van der Waals surface area contributed by atoms with E-state index in [1.54, 1.807) is 0 Å². The van der Waals surface area contributed by atoms with Crippen LogP contribution in [0.4, 0.5) is 8.78 Å². The number of halogens is 3. The molecule has 1 aliphatic heterocycles. The highest BCUT2D eigenvalue weighted by Crippen LogP contribution is 2.50. The lowest BCUT2D eigenvalue weighted by atomic mass is 10.1. The summed E-state index contributed by atoms with van der Waals surface area (Å²) in [5, 5.41) is 5.29. The van der Waals surface area contributed by atoms with Crippen molar-refractivity contribution in [3.63, 3.8) is 0 Å². The average molecular weight is 269 g/mol. The molecule has 1 amide bonds. The molecule has 2 rings (SSSR count). The molecule has 17 heavy (non-hydrogen) atoms. The van der Waals surface area contributed by atoms with Gasteiger partial charge in [0, 0.05) is 13.0 Å². The molecule has 2 atom stereocenters. The minimum absolute atomic E-state index is 0. The highest BCUT2D eigenvalue weighted by molar-refractivity contribution is 5.85. The molecular weight excluding hydrogens is 250 g/mol. The zero-order valence-electron chi connectivity index (χ0n) is 10.1. The first-order valence-corrected chi connectivity index (χ1v) is 5.69. The summed E-state index contributed by atoms with van der Waals surface area (Å²) in [6, 6.07) is -0.725. The molecule has 2 N–H and O–H groups in total. The molecule has 6 heteroatoms. The number of carbonyl (C=O) groups is 1. The Hall–Kier alpha value is -0.420. The average Bonchev–Trinajstić information content (AvgIpc) is 2.58. The van der Waals surface area contributed by atoms with E-state index in [4.69, 9.17) is 0 Å². The van der Waals surface area contributed by atoms with Gasteiger partial charge in [-0.15, -0.1) is 12.4 Å². The van der Waals surface area contributed by atoms with E-state index in [1.807, 2.05) is 0 Å². The highest BCUT2D eigenvalue weighted by atomic mass is 35.5. The van der Waals surface area contributed by atoms with Crippen LogP contribution in [-0.4, -0.2) is 31.0 Å². The van der Waals surface area contributed by atoms with Crippen LogP contribution >= 0.6 is 12.4 Å². The second-order valence-electron chi connectivity index (χ2n) is 5.63. The normalized spacial score (nSPS) is 32.7. The topological polar surface area (TPSA) is 41.1 Å². The van der Waals surface area contributed by atoms with Gasteiger partial charge in [-0.05, 0) is 17.8 Å². The predicted molar refractivity (Wildman–Crippen MR) is 63.5 cm³/mol. The van der Waals surface area contributed by atoms with Gasteiger partial charge >= 0.3 is 0 Å². The van der Waals surface area contributed by atoms with Crippen molar-refractivity contribution >= 4 is 18.3 Å². The Morgan fingerprint density at radius 1 is 1.41 bits per heavy atom. The third-order valence-electron chi connectivity index (χ3n) is 3.67. The van der Waals surface area contributed by atoms with E-state index in [0.717, 1.165) is 6.42 Å². The van der Waals surface area contributed by atoms with Gasteiger partial charge in [0.2, 0.25) is 5.91 Å². The van der Waals surface area contributed by atoms with Gasteiger partial charge in [-0.25, -0.2) is 8.78 Å². The van der Waals surface area contributed by atoms with Crippen molar-refractivity contribution in [2.75, 3.05) is 13.1 Å². The number of alkyl halides is 2. The van der Waals surface area contributed by atoms with Gasteiger partial charge in [-0.3, -0.25) is 10.1 Å². The highest BCUT2D eigenvalue weighted by Gasteiger charge is 2.46. The molecule has 1 saturated heterocycles. The number of amides is 1. The summed E-state index contributed by atoms with van der Waals surface area (Å²) >= 11 is 0. The lowest BCUT2D eigenvalue weighted by Gasteiger charge is -2.11. The predicted octanol–water partition coefficient (Wildman–Crippen LogP) is 1.57. The van der Waals surface area contributed by atoms with Gasteiger partial charge in [0.05, 0.1) is 12.6 Å². The van der Waals surface area contributed by atoms with Crippen molar-refractivity contribution in [2.24, 2.45) is 11.3 Å². The van der Waals surface area contributed by atoms with E-state index in [0.29, 0.717) is 17.9 Å². The summed E-state index contributed by atoms with van der Waals surface area (Å²) < 4.78 is 25.7. The maximum absolute atomic E-state index is 12.8. The first-order chi connectivity index (χ1) is 7.30. The zero-order valence-corrected chi connectivity index (χ0v) is 10.9. The molecule has 0 aromatic rings. The molecule has 2 fully saturated rings. The van der Waals surface area contributed by atoms with Crippen LogP contribution in [0.1, 0.15) is 26.7 Å². The van der Waals surface area contributed by atoms with E-state index in [1.165, 1.54) is 0 Å². The number of hydrogen-bond acceptors (Lipinski definition) is 2. The minimum Gasteiger partial charge on any atom is -0.354 e. The number of rotatable bonds is 3. The lowest BCUT2D eigenvalue weighted by Crippen LogP contribution is -2.41. The van der Waals surface area contributed by atoms with Gasteiger partial charge in [0.25, 0.3) is 5.92 Å². The first kappa shape index (κ1) is 14.6. The van der Waals surface area contributed by atoms with Gasteiger partial charge < -0.3 is 5.32 Å². The summed E-state index contributed by atoms with van der Waals surface area (Å²) in [6.07, 6.45) is 0.717. The second kappa shape index (κ2) is 4.69. The molecule has 1 heterocycles. The van der Waals surface area contributed by atoms with Crippen LogP contribution in [0.2, 0.25) is 0 Å². The van der Waals surface area contributed by atoms with Crippen molar-refractivity contribution in [2.45, 2.75) is 38.7 Å². The molecule has 2 unspecified atom stereocenters. The number of hydrogen-bond donors (Lipinski definition) is 2. The molecular formula is C11H19ClF2N2O. The number of carbonyl (C=O) groups excluding carboxylic acids is 1. The molecule has 2 aliphatic rings. The van der Waals surface area contributed by atoms with Gasteiger partial charge in [-0.1, -0.05) is 13.8 Å². The van der Waals surface area contributed by atoms with Crippen LogP contribution in [-0.2, 0) is 4.79 Å². The van der Waals surface area contributed by atoms with Crippen LogP contribution in [0.15, 0.2) is 0 Å². The maximum atomic E-state index is 12.8. The largest absolute Gasteiger partial charge is 0.354 e. The third-order valence-corrected chi connectivity index (χ3v) is 3.67. The second-order valence-corrected chi connectivity index (χ2v) is 5.63. The molecule has 1 saturated carbocycles. The summed E-state index contributed by atoms with van der Waals surface area (Å²) in [4.78, 5) is 11.6. The van der Waals surface area contributed by atoms with Gasteiger partial charge in [-0.2, -0.15) is 0 Å². The summed E-state index contributed by atoms with van der Waals surface area (Å²) in [5.74, 6) is -2.53. The van der Waals surface area contributed by atoms with E-state index in [9.17, 15) is 13.6 Å². The lowest BCUT2D eigenvalue weighted by molar-refractivity contribution is -0.123. The van der Waals surface area contributed by atoms with Crippen molar-refractivity contribution in [3.8, 4) is 0 Å². The van der Waals surface area contributed by atoms with Crippen molar-refractivity contribution in [3.05, 3.63) is 0 Å². The standard InChI is InChI=1S/C11H18F2N2O.ClH/c1-10(2)3-7(10)5-14-9(16)8-4-11(12,13)6-15-8;/h7-8,15H,3-6H2,1-2H3,(H,14,16);1H. The molecule has 0 spiro atoms. The molecule has 0 bridgehead atoms. The van der Waals surface area contributed by atoms with Crippen molar-refractivity contribution in [1.82, 2.24) is 10.6 Å². The van der Waals surface area contributed by atoms with Crippen LogP contribution in [0.3, 0.4) is 0 Å². The molecule has 3 nitrogen and oxygen atoms in total. The summed E-state index contributed by atoms with van der Waals surface area (Å²) in [5.41, 5.74) is 0.306. The zero-order chi connectivity index (χ0) is 12.0. The Bertz CT molecular complexity index is 310. The fourth-order valence-electron chi connectivity index (χ4n) is 2.17. The molecule has 0 aromatic carbocycles. The maximum Gasteiger partial charge on any atom is 0.262 e. The Labute approximate surface area is 106 Å². The molecule has 0 radical (unpaired) electrons. The van der Waals surface area contributed by atoms with Crippen molar-refractivity contribution < 1.29 is 13.6 Å². The molecule has 100 valence electrons. The fourth-order valence-corrected chi connectivity index (χ4v) is 2.17. The SMILES string of the molecule is CC1(C)CC1CNC(=O)C1CC(F)(F)CN1.Cl. The summed E-state index contributed by atoms with van der Waals surface area (Å²) in [6.45, 7) is 4.51. The molecule has 0 aromatic heterocycles. The van der Waals surface area contributed by atoms with Crippen LogP contribution < -0.4 is 10.6 Å². The summed E-state index contributed by atoms with van der Waals surface area (Å²) in [7, 11) is 0. The van der Waals surface area contributed by atoms with Gasteiger partial charge in [0.15, 0.2) is 0 Å². The first-order valence-electron chi connectivity index (χ1n) is 5.69. The third kappa shape index (κ3) is 3.52. The number of nitrogens with one attached hydrogen (secondary N) is 2. The fraction of sp³-hybridized carbons (Fsp3) is 0.909. The Balaban J connectivity index is 0.00000144. The van der Waals surface area contributed by atoms with Crippen LogP contribution in [0.5, 0.6) is 0 Å². The smallest absolute Gasteiger partial charge is 0.262 e. The molecule has 1 aliphatic carbocycles. The van der Waals surface area contributed by atoms with Gasteiger partial charge in [0.1, 0.15) is 0 Å². The van der Waals surface area contributed by atoms with Crippen LogP contribution in [0, 0.1) is 11.3 Å². The van der Waals surface area contributed by atoms with E-state index in [-0.39, 0.29) is 31.3 Å². The van der Waals surface area contributed by atoms with E-state index >= 15 is 0 Å². The van der Waals surface area contributed by atoms with E-state index in [2.05, 4.69) is 24.5 Å². The van der Waals surface area contributed by atoms with E-state index < -0.39 is 12.0 Å². The van der Waals surface area contributed by atoms with Crippen molar-refractivity contribution in [1.29, 1.82) is 0 Å². The monoisotopic (exact) mass is 268 g/mol. The quantitative estimate of drug-likeness (QED) is 0.816.